The Bertz CT molecular complexity index is 370. The lowest BCUT2D eigenvalue weighted by atomic mass is 10.1. The van der Waals surface area contributed by atoms with Crippen LogP contribution in [0.25, 0.3) is 11.6 Å². The Kier molecular flexibility index (Phi) is 3.46. The standard InChI is InChI=1S/C12H16N2/c1-5-9(4)11-8-10(6-2)12(14-11)13-7-3/h6-8,14H,2,4-5H2,1,3H3/b13-7-. The summed E-state index contributed by atoms with van der Waals surface area (Å²) < 4.78 is 0. The summed E-state index contributed by atoms with van der Waals surface area (Å²) in [7, 11) is 0. The van der Waals surface area contributed by atoms with E-state index in [4.69, 9.17) is 0 Å². The van der Waals surface area contributed by atoms with Gasteiger partial charge in [-0.15, -0.1) is 0 Å². The third-order valence-electron chi connectivity index (χ3n) is 2.11. The number of aromatic amines is 1. The summed E-state index contributed by atoms with van der Waals surface area (Å²) in [6, 6.07) is 2.03. The van der Waals surface area contributed by atoms with Crippen LogP contribution in [-0.4, -0.2) is 11.2 Å². The molecule has 0 fully saturated rings. The number of nitrogens with one attached hydrogen (secondary N) is 1. The zero-order chi connectivity index (χ0) is 10.6. The zero-order valence-corrected chi connectivity index (χ0v) is 8.80. The van der Waals surface area contributed by atoms with Crippen molar-refractivity contribution in [3.63, 3.8) is 0 Å². The number of aliphatic imine (C=N–C) groups is 1. The van der Waals surface area contributed by atoms with Crippen molar-refractivity contribution in [3.8, 4) is 0 Å². The normalized spacial score (nSPS) is 10.7. The van der Waals surface area contributed by atoms with Crippen LogP contribution in [0.1, 0.15) is 31.5 Å². The van der Waals surface area contributed by atoms with Gasteiger partial charge in [-0.05, 0) is 25.0 Å². The average Bonchev–Trinajstić information content (AvgIpc) is 2.60. The van der Waals surface area contributed by atoms with Crippen LogP contribution in [0.5, 0.6) is 0 Å². The molecular weight excluding hydrogens is 172 g/mol. The first-order valence-corrected chi connectivity index (χ1v) is 4.75. The van der Waals surface area contributed by atoms with Crippen molar-refractivity contribution in [1.82, 2.24) is 4.98 Å². The number of hydrogen-bond acceptors (Lipinski definition) is 1. The van der Waals surface area contributed by atoms with E-state index in [1.54, 1.807) is 12.3 Å². The van der Waals surface area contributed by atoms with Gasteiger partial charge in [0.1, 0.15) is 5.82 Å². The van der Waals surface area contributed by atoms with E-state index < -0.39 is 0 Å². The molecule has 0 aromatic carbocycles. The minimum atomic E-state index is 0.854. The highest BCUT2D eigenvalue weighted by atomic mass is 14.9. The second-order valence-electron chi connectivity index (χ2n) is 3.04. The number of allylic oxidation sites excluding steroid dienone is 1. The summed E-state index contributed by atoms with van der Waals surface area (Å²) in [5.74, 6) is 0.854. The second kappa shape index (κ2) is 4.61. The first-order chi connectivity index (χ1) is 6.72. The molecule has 0 atom stereocenters. The molecule has 14 heavy (non-hydrogen) atoms. The molecule has 1 heterocycles. The van der Waals surface area contributed by atoms with Gasteiger partial charge < -0.3 is 4.98 Å². The van der Waals surface area contributed by atoms with E-state index in [0.29, 0.717) is 0 Å². The van der Waals surface area contributed by atoms with Crippen molar-refractivity contribution in [3.05, 3.63) is 30.5 Å². The first-order valence-electron chi connectivity index (χ1n) is 4.75. The Morgan fingerprint density at radius 2 is 2.36 bits per heavy atom. The maximum atomic E-state index is 4.22. The highest BCUT2D eigenvalue weighted by Gasteiger charge is 2.05. The van der Waals surface area contributed by atoms with Gasteiger partial charge in [-0.25, -0.2) is 4.99 Å². The molecule has 0 saturated heterocycles. The number of hydrogen-bond donors (Lipinski definition) is 1. The molecule has 2 nitrogen and oxygen atoms in total. The van der Waals surface area contributed by atoms with Gasteiger partial charge in [-0.1, -0.05) is 26.2 Å². The van der Waals surface area contributed by atoms with Gasteiger partial charge in [0.15, 0.2) is 0 Å². The molecular formula is C12H16N2. The van der Waals surface area contributed by atoms with Gasteiger partial charge in [0.2, 0.25) is 0 Å². The SMILES string of the molecule is C=Cc1cc(C(=C)CC)[nH]c1/N=C\C. The predicted molar refractivity (Wildman–Crippen MR) is 64.0 cm³/mol. The Balaban J connectivity index is 3.12. The fraction of sp³-hybridized carbons (Fsp3) is 0.250. The van der Waals surface area contributed by atoms with Gasteiger partial charge in [-0.3, -0.25) is 0 Å². The molecule has 0 bridgehead atoms. The third-order valence-corrected chi connectivity index (χ3v) is 2.11. The van der Waals surface area contributed by atoms with E-state index in [-0.39, 0.29) is 0 Å². The lowest BCUT2D eigenvalue weighted by Gasteiger charge is -1.96. The number of aromatic nitrogens is 1. The average molecular weight is 188 g/mol. The van der Waals surface area contributed by atoms with Crippen molar-refractivity contribution in [2.24, 2.45) is 4.99 Å². The largest absolute Gasteiger partial charge is 0.340 e. The summed E-state index contributed by atoms with van der Waals surface area (Å²) in [6.07, 6.45) is 4.50. The van der Waals surface area contributed by atoms with Crippen LogP contribution in [-0.2, 0) is 0 Å². The van der Waals surface area contributed by atoms with Crippen LogP contribution in [0.3, 0.4) is 0 Å². The Morgan fingerprint density at radius 1 is 1.64 bits per heavy atom. The minimum Gasteiger partial charge on any atom is -0.340 e. The van der Waals surface area contributed by atoms with Gasteiger partial charge in [-0.2, -0.15) is 0 Å². The van der Waals surface area contributed by atoms with Crippen molar-refractivity contribution in [2.45, 2.75) is 20.3 Å². The quantitative estimate of drug-likeness (QED) is 0.696. The van der Waals surface area contributed by atoms with Gasteiger partial charge in [0.05, 0.1) is 0 Å². The molecule has 1 N–H and O–H groups in total. The van der Waals surface area contributed by atoms with E-state index >= 15 is 0 Å². The Labute approximate surface area is 85.1 Å². The Hall–Kier alpha value is -1.57. The molecule has 0 unspecified atom stereocenters. The van der Waals surface area contributed by atoms with Crippen molar-refractivity contribution in [2.75, 3.05) is 0 Å². The number of H-pyrrole nitrogens is 1. The molecule has 1 rings (SSSR count). The van der Waals surface area contributed by atoms with Crippen LogP contribution < -0.4 is 0 Å². The smallest absolute Gasteiger partial charge is 0.137 e. The van der Waals surface area contributed by atoms with Gasteiger partial charge >= 0.3 is 0 Å². The van der Waals surface area contributed by atoms with Crippen LogP contribution in [0.4, 0.5) is 5.82 Å². The molecule has 1 aromatic heterocycles. The topological polar surface area (TPSA) is 28.1 Å². The summed E-state index contributed by atoms with van der Waals surface area (Å²) in [6.45, 7) is 11.7. The van der Waals surface area contributed by atoms with Crippen molar-refractivity contribution < 1.29 is 0 Å². The molecule has 0 aliphatic rings. The molecule has 0 saturated carbocycles. The van der Waals surface area contributed by atoms with E-state index in [1.165, 1.54) is 0 Å². The summed E-state index contributed by atoms with van der Waals surface area (Å²) in [5, 5.41) is 0. The molecule has 0 amide bonds. The number of rotatable bonds is 4. The van der Waals surface area contributed by atoms with Crippen LogP contribution >= 0.6 is 0 Å². The summed E-state index contributed by atoms with van der Waals surface area (Å²) in [4.78, 5) is 7.44. The monoisotopic (exact) mass is 188 g/mol. The highest BCUT2D eigenvalue weighted by molar-refractivity contribution is 5.72. The van der Waals surface area contributed by atoms with E-state index in [2.05, 4.69) is 30.1 Å². The van der Waals surface area contributed by atoms with Crippen LogP contribution in [0, 0.1) is 0 Å². The molecule has 0 aliphatic carbocycles. The van der Waals surface area contributed by atoms with Crippen LogP contribution in [0.2, 0.25) is 0 Å². The lowest BCUT2D eigenvalue weighted by molar-refractivity contribution is 1.20. The fourth-order valence-corrected chi connectivity index (χ4v) is 1.23. The molecule has 0 aliphatic heterocycles. The molecule has 1 aromatic rings. The second-order valence-corrected chi connectivity index (χ2v) is 3.04. The fourth-order valence-electron chi connectivity index (χ4n) is 1.23. The highest BCUT2D eigenvalue weighted by Crippen LogP contribution is 2.25. The molecule has 0 spiro atoms. The summed E-state index contributed by atoms with van der Waals surface area (Å²) in [5.41, 5.74) is 3.15. The third kappa shape index (κ3) is 2.02. The van der Waals surface area contributed by atoms with Crippen LogP contribution in [0.15, 0.2) is 24.2 Å². The van der Waals surface area contributed by atoms with Crippen molar-refractivity contribution in [1.29, 1.82) is 0 Å². The molecule has 74 valence electrons. The lowest BCUT2D eigenvalue weighted by Crippen LogP contribution is -1.78. The van der Waals surface area contributed by atoms with Crippen molar-refractivity contribution >= 4 is 23.7 Å². The maximum absolute atomic E-state index is 4.22. The minimum absolute atomic E-state index is 0.854. The first kappa shape index (κ1) is 10.5. The predicted octanol–water partition coefficient (Wildman–Crippen LogP) is 3.80. The summed E-state index contributed by atoms with van der Waals surface area (Å²) >= 11 is 0. The maximum Gasteiger partial charge on any atom is 0.137 e. The van der Waals surface area contributed by atoms with Gasteiger partial charge in [0, 0.05) is 17.5 Å². The Morgan fingerprint density at radius 3 is 2.86 bits per heavy atom. The van der Waals surface area contributed by atoms with E-state index in [9.17, 15) is 0 Å². The zero-order valence-electron chi connectivity index (χ0n) is 8.80. The van der Waals surface area contributed by atoms with Gasteiger partial charge in [0.25, 0.3) is 0 Å². The molecule has 0 radical (unpaired) electrons. The molecule has 2 heteroatoms. The van der Waals surface area contributed by atoms with E-state index in [1.807, 2.05) is 13.0 Å². The van der Waals surface area contributed by atoms with E-state index in [0.717, 1.165) is 29.1 Å². The number of nitrogens with zero attached hydrogens (tertiary/aromatic N) is 1.